The van der Waals surface area contributed by atoms with E-state index < -0.39 is 5.97 Å². The van der Waals surface area contributed by atoms with Gasteiger partial charge in [-0.3, -0.25) is 14.3 Å². The number of rotatable bonds is 4. The zero-order valence-corrected chi connectivity index (χ0v) is 13.0. The van der Waals surface area contributed by atoms with Crippen molar-refractivity contribution >= 4 is 17.6 Å². The lowest BCUT2D eigenvalue weighted by Gasteiger charge is -2.35. The van der Waals surface area contributed by atoms with Gasteiger partial charge in [0.1, 0.15) is 6.54 Å². The van der Waals surface area contributed by atoms with E-state index in [1.165, 1.54) is 4.68 Å². The molecule has 2 aromatic rings. The van der Waals surface area contributed by atoms with Crippen LogP contribution in [0.4, 0.5) is 5.69 Å². The molecule has 1 aromatic heterocycles. The van der Waals surface area contributed by atoms with Crippen molar-refractivity contribution in [2.24, 2.45) is 0 Å². The molecule has 120 valence electrons. The van der Waals surface area contributed by atoms with E-state index in [-0.39, 0.29) is 25.1 Å². The summed E-state index contributed by atoms with van der Waals surface area (Å²) in [5, 5.41) is 3.94. The number of aryl methyl sites for hydroxylation is 1. The molecule has 6 nitrogen and oxygen atoms in total. The lowest BCUT2D eigenvalue weighted by molar-refractivity contribution is -0.148. The molecule has 0 saturated carbocycles. The molecule has 0 saturated heterocycles. The van der Waals surface area contributed by atoms with Crippen molar-refractivity contribution in [1.29, 1.82) is 0 Å². The largest absolute Gasteiger partial charge is 0.454 e. The van der Waals surface area contributed by atoms with Crippen molar-refractivity contribution in [3.8, 4) is 0 Å². The number of benzene rings is 1. The molecule has 1 atom stereocenters. The Hall–Kier alpha value is -2.63. The lowest BCUT2D eigenvalue weighted by atomic mass is 9.96. The molecule has 0 N–H and O–H groups in total. The smallest absolute Gasteiger partial charge is 0.328 e. The van der Waals surface area contributed by atoms with Crippen LogP contribution in [0, 0.1) is 0 Å². The third-order valence-electron chi connectivity index (χ3n) is 4.00. The van der Waals surface area contributed by atoms with Gasteiger partial charge in [0.15, 0.2) is 6.61 Å². The zero-order valence-electron chi connectivity index (χ0n) is 13.0. The number of carbonyl (C=O) groups is 2. The van der Waals surface area contributed by atoms with Gasteiger partial charge in [-0.05, 0) is 37.5 Å². The predicted octanol–water partition coefficient (Wildman–Crippen LogP) is 1.79. The van der Waals surface area contributed by atoms with Gasteiger partial charge in [0.05, 0.1) is 0 Å². The van der Waals surface area contributed by atoms with Gasteiger partial charge in [-0.1, -0.05) is 18.2 Å². The van der Waals surface area contributed by atoms with Crippen LogP contribution in [-0.4, -0.2) is 34.3 Å². The summed E-state index contributed by atoms with van der Waals surface area (Å²) in [6, 6.07) is 9.69. The number of carbonyl (C=O) groups excluding carboxylic acids is 2. The molecule has 0 aliphatic carbocycles. The summed E-state index contributed by atoms with van der Waals surface area (Å²) < 4.78 is 6.57. The fourth-order valence-electron chi connectivity index (χ4n) is 2.85. The molecular weight excluding hydrogens is 294 g/mol. The maximum Gasteiger partial charge on any atom is 0.328 e. The van der Waals surface area contributed by atoms with Crippen molar-refractivity contribution < 1.29 is 14.3 Å². The molecule has 1 amide bonds. The Labute approximate surface area is 134 Å². The quantitative estimate of drug-likeness (QED) is 0.807. The molecule has 0 fully saturated rings. The van der Waals surface area contributed by atoms with Gasteiger partial charge >= 0.3 is 5.97 Å². The summed E-state index contributed by atoms with van der Waals surface area (Å²) >= 11 is 0. The number of hydrogen-bond acceptors (Lipinski definition) is 4. The van der Waals surface area contributed by atoms with Gasteiger partial charge in [0.2, 0.25) is 0 Å². The molecule has 0 bridgehead atoms. The van der Waals surface area contributed by atoms with Crippen LogP contribution in [0.1, 0.15) is 18.9 Å². The summed E-state index contributed by atoms with van der Waals surface area (Å²) in [5.41, 5.74) is 2.07. The number of ether oxygens (including phenoxy) is 1. The van der Waals surface area contributed by atoms with Gasteiger partial charge in [0, 0.05) is 24.1 Å². The number of aromatic nitrogens is 2. The van der Waals surface area contributed by atoms with E-state index >= 15 is 0 Å². The standard InChI is InChI=1S/C17H19N3O3/c1-13-7-8-14-5-2-3-6-15(14)20(13)16(21)12-23-17(22)11-19-10-4-9-18-19/h2-6,9-10,13H,7-8,11-12H2,1H3/t13-/m0/s1. The summed E-state index contributed by atoms with van der Waals surface area (Å²) in [7, 11) is 0. The Balaban J connectivity index is 1.63. The molecule has 6 heteroatoms. The molecule has 0 unspecified atom stereocenters. The number of fused-ring (bicyclic) bond motifs is 1. The van der Waals surface area contributed by atoms with Crippen LogP contribution in [0.15, 0.2) is 42.7 Å². The van der Waals surface area contributed by atoms with E-state index in [0.717, 1.165) is 24.1 Å². The van der Waals surface area contributed by atoms with Crippen molar-refractivity contribution in [3.05, 3.63) is 48.3 Å². The topological polar surface area (TPSA) is 64.4 Å². The summed E-state index contributed by atoms with van der Waals surface area (Å²) in [5.74, 6) is -0.668. The highest BCUT2D eigenvalue weighted by Crippen LogP contribution is 2.30. The summed E-state index contributed by atoms with van der Waals surface area (Å²) in [6.07, 6.45) is 5.13. The Bertz CT molecular complexity index is 697. The molecule has 23 heavy (non-hydrogen) atoms. The molecular formula is C17H19N3O3. The van der Waals surface area contributed by atoms with Crippen LogP contribution >= 0.6 is 0 Å². The molecule has 3 rings (SSSR count). The van der Waals surface area contributed by atoms with E-state index in [0.29, 0.717) is 0 Å². The Kier molecular flexibility index (Phi) is 4.41. The molecule has 1 aliphatic heterocycles. The zero-order chi connectivity index (χ0) is 16.2. The molecule has 1 aliphatic rings. The maximum atomic E-state index is 12.5. The normalized spacial score (nSPS) is 16.7. The van der Waals surface area contributed by atoms with Crippen molar-refractivity contribution in [2.45, 2.75) is 32.4 Å². The van der Waals surface area contributed by atoms with Gasteiger partial charge in [-0.2, -0.15) is 5.10 Å². The first-order valence-corrected chi connectivity index (χ1v) is 7.68. The Morgan fingerprint density at radius 1 is 1.30 bits per heavy atom. The number of hydrogen-bond donors (Lipinski definition) is 0. The minimum atomic E-state index is -0.472. The van der Waals surface area contributed by atoms with Crippen molar-refractivity contribution in [1.82, 2.24) is 9.78 Å². The van der Waals surface area contributed by atoms with E-state index in [4.69, 9.17) is 4.74 Å². The monoisotopic (exact) mass is 313 g/mol. The molecule has 0 radical (unpaired) electrons. The fraction of sp³-hybridized carbons (Fsp3) is 0.353. The minimum absolute atomic E-state index is 0.00637. The maximum absolute atomic E-state index is 12.5. The van der Waals surface area contributed by atoms with E-state index in [9.17, 15) is 9.59 Å². The van der Waals surface area contributed by atoms with Crippen LogP contribution in [0.25, 0.3) is 0 Å². The van der Waals surface area contributed by atoms with Gasteiger partial charge < -0.3 is 9.64 Å². The summed E-state index contributed by atoms with van der Waals surface area (Å²) in [4.78, 5) is 26.0. The number of para-hydroxylation sites is 1. The number of nitrogens with zero attached hydrogens (tertiary/aromatic N) is 3. The van der Waals surface area contributed by atoms with E-state index in [1.54, 1.807) is 23.4 Å². The van der Waals surface area contributed by atoms with Crippen LogP contribution < -0.4 is 4.90 Å². The SMILES string of the molecule is C[C@H]1CCc2ccccc2N1C(=O)COC(=O)Cn1cccn1. The number of esters is 1. The fourth-order valence-corrected chi connectivity index (χ4v) is 2.85. The third kappa shape index (κ3) is 3.41. The molecule has 1 aromatic carbocycles. The van der Waals surface area contributed by atoms with Gasteiger partial charge in [-0.15, -0.1) is 0 Å². The van der Waals surface area contributed by atoms with Crippen LogP contribution in [0.2, 0.25) is 0 Å². The lowest BCUT2D eigenvalue weighted by Crippen LogP contribution is -2.44. The minimum Gasteiger partial charge on any atom is -0.454 e. The van der Waals surface area contributed by atoms with E-state index in [2.05, 4.69) is 5.10 Å². The van der Waals surface area contributed by atoms with Crippen LogP contribution in [-0.2, 0) is 27.3 Å². The van der Waals surface area contributed by atoms with Crippen molar-refractivity contribution in [2.75, 3.05) is 11.5 Å². The average Bonchev–Trinajstić information content (AvgIpc) is 3.05. The van der Waals surface area contributed by atoms with E-state index in [1.807, 2.05) is 31.2 Å². The van der Waals surface area contributed by atoms with Gasteiger partial charge in [-0.25, -0.2) is 0 Å². The second-order valence-corrected chi connectivity index (χ2v) is 5.64. The highest BCUT2D eigenvalue weighted by molar-refractivity contribution is 5.96. The predicted molar refractivity (Wildman–Crippen MR) is 84.9 cm³/mol. The molecule has 0 spiro atoms. The highest BCUT2D eigenvalue weighted by atomic mass is 16.5. The van der Waals surface area contributed by atoms with Gasteiger partial charge in [0.25, 0.3) is 5.91 Å². The average molecular weight is 313 g/mol. The second-order valence-electron chi connectivity index (χ2n) is 5.64. The highest BCUT2D eigenvalue weighted by Gasteiger charge is 2.28. The first-order chi connectivity index (χ1) is 11.1. The first kappa shape index (κ1) is 15.3. The van der Waals surface area contributed by atoms with Crippen LogP contribution in [0.3, 0.4) is 0 Å². The third-order valence-corrected chi connectivity index (χ3v) is 4.00. The Morgan fingerprint density at radius 3 is 2.91 bits per heavy atom. The first-order valence-electron chi connectivity index (χ1n) is 7.68. The second kappa shape index (κ2) is 6.64. The van der Waals surface area contributed by atoms with Crippen LogP contribution in [0.5, 0.6) is 0 Å². The molecule has 2 heterocycles. The van der Waals surface area contributed by atoms with Crippen molar-refractivity contribution in [3.63, 3.8) is 0 Å². The summed E-state index contributed by atoms with van der Waals surface area (Å²) in [6.45, 7) is 1.77. The Morgan fingerprint density at radius 2 is 2.13 bits per heavy atom. The number of anilines is 1. The number of amides is 1.